The average Bonchev–Trinajstić information content (AvgIpc) is 2.62. The van der Waals surface area contributed by atoms with E-state index < -0.39 is 0 Å². The molecule has 1 aliphatic heterocycles. The van der Waals surface area contributed by atoms with E-state index in [1.54, 1.807) is 0 Å². The second-order valence-electron chi connectivity index (χ2n) is 3.66. The Labute approximate surface area is 84.1 Å². The number of hydrogen-bond donors (Lipinski definition) is 1. The zero-order valence-corrected chi connectivity index (χ0v) is 8.56. The Hall–Kier alpha value is -0.530. The smallest absolute Gasteiger partial charge is 0.0438 e. The molecular weight excluding hydrogens is 182 g/mol. The van der Waals surface area contributed by atoms with Crippen molar-refractivity contribution in [1.82, 2.24) is 5.32 Å². The molecule has 0 aliphatic carbocycles. The second-order valence-corrected chi connectivity index (χ2v) is 4.06. The van der Waals surface area contributed by atoms with Crippen LogP contribution in [0.15, 0.2) is 18.2 Å². The molecule has 0 saturated carbocycles. The molecule has 1 heterocycles. The van der Waals surface area contributed by atoms with Gasteiger partial charge in [-0.3, -0.25) is 0 Å². The number of halogens is 1. The number of aryl methyl sites for hydroxylation is 1. The predicted octanol–water partition coefficient (Wildman–Crippen LogP) is 3.07. The van der Waals surface area contributed by atoms with Gasteiger partial charge in [0.05, 0.1) is 0 Å². The quantitative estimate of drug-likeness (QED) is 0.727. The summed E-state index contributed by atoms with van der Waals surface area (Å²) in [5.41, 5.74) is 2.48. The highest BCUT2D eigenvalue weighted by atomic mass is 35.5. The molecule has 0 amide bonds. The van der Waals surface area contributed by atoms with Crippen molar-refractivity contribution >= 4 is 11.6 Å². The molecule has 0 radical (unpaired) electrons. The van der Waals surface area contributed by atoms with Crippen molar-refractivity contribution in [3.8, 4) is 0 Å². The van der Waals surface area contributed by atoms with Crippen LogP contribution in [0.3, 0.4) is 0 Å². The molecule has 1 aromatic carbocycles. The van der Waals surface area contributed by atoms with Gasteiger partial charge in [0.2, 0.25) is 0 Å². The Balaban J connectivity index is 2.25. The Kier molecular flexibility index (Phi) is 2.56. The maximum Gasteiger partial charge on any atom is 0.0438 e. The van der Waals surface area contributed by atoms with Gasteiger partial charge < -0.3 is 5.32 Å². The lowest BCUT2D eigenvalue weighted by Gasteiger charge is -2.11. The van der Waals surface area contributed by atoms with E-state index in [0.717, 1.165) is 17.1 Å². The average molecular weight is 196 g/mol. The van der Waals surface area contributed by atoms with Crippen molar-refractivity contribution in [1.29, 1.82) is 0 Å². The summed E-state index contributed by atoms with van der Waals surface area (Å²) in [5, 5.41) is 4.34. The molecule has 2 heteroatoms. The van der Waals surface area contributed by atoms with Crippen LogP contribution in [0, 0.1) is 6.92 Å². The number of nitrogens with one attached hydrogen (secondary N) is 1. The van der Waals surface area contributed by atoms with Crippen molar-refractivity contribution < 1.29 is 0 Å². The third-order valence-corrected chi connectivity index (χ3v) is 3.07. The van der Waals surface area contributed by atoms with Gasteiger partial charge in [0.25, 0.3) is 0 Å². The van der Waals surface area contributed by atoms with Gasteiger partial charge in [-0.15, -0.1) is 0 Å². The first-order chi connectivity index (χ1) is 6.27. The fourth-order valence-corrected chi connectivity index (χ4v) is 1.98. The van der Waals surface area contributed by atoms with Gasteiger partial charge in [-0.25, -0.2) is 0 Å². The Morgan fingerprint density at radius 3 is 2.92 bits per heavy atom. The highest BCUT2D eigenvalue weighted by Gasteiger charge is 2.16. The summed E-state index contributed by atoms with van der Waals surface area (Å²) in [4.78, 5) is 0. The Bertz CT molecular complexity index is 303. The maximum atomic E-state index is 6.06. The predicted molar refractivity (Wildman–Crippen MR) is 56.2 cm³/mol. The molecular formula is C11H14ClN. The van der Waals surface area contributed by atoms with Crippen LogP contribution in [0.2, 0.25) is 5.02 Å². The summed E-state index contributed by atoms with van der Waals surface area (Å²) in [7, 11) is 0. The fourth-order valence-electron chi connectivity index (χ4n) is 1.79. The molecule has 1 aliphatic rings. The summed E-state index contributed by atoms with van der Waals surface area (Å²) in [6.07, 6.45) is 2.51. The molecule has 1 fully saturated rings. The van der Waals surface area contributed by atoms with Crippen LogP contribution in [-0.4, -0.2) is 6.54 Å². The van der Waals surface area contributed by atoms with E-state index in [1.165, 1.54) is 18.4 Å². The Morgan fingerprint density at radius 1 is 1.46 bits per heavy atom. The molecule has 1 N–H and O–H groups in total. The van der Waals surface area contributed by atoms with Crippen molar-refractivity contribution in [3.63, 3.8) is 0 Å². The second kappa shape index (κ2) is 3.69. The lowest BCUT2D eigenvalue weighted by Crippen LogP contribution is -2.12. The van der Waals surface area contributed by atoms with Crippen LogP contribution in [0.4, 0.5) is 0 Å². The molecule has 13 heavy (non-hydrogen) atoms. The van der Waals surface area contributed by atoms with Crippen LogP contribution in [0.1, 0.15) is 30.0 Å². The summed E-state index contributed by atoms with van der Waals surface area (Å²) in [6, 6.07) is 6.87. The molecule has 1 unspecified atom stereocenters. The van der Waals surface area contributed by atoms with E-state index in [-0.39, 0.29) is 0 Å². The van der Waals surface area contributed by atoms with Gasteiger partial charge in [-0.2, -0.15) is 0 Å². The van der Waals surface area contributed by atoms with Crippen LogP contribution in [0.25, 0.3) is 0 Å². The molecule has 0 bridgehead atoms. The van der Waals surface area contributed by atoms with Gasteiger partial charge in [0.15, 0.2) is 0 Å². The van der Waals surface area contributed by atoms with Gasteiger partial charge in [-0.1, -0.05) is 23.7 Å². The lowest BCUT2D eigenvalue weighted by molar-refractivity contribution is 0.647. The highest BCUT2D eigenvalue weighted by molar-refractivity contribution is 6.31. The first-order valence-corrected chi connectivity index (χ1v) is 5.14. The third-order valence-electron chi connectivity index (χ3n) is 2.66. The highest BCUT2D eigenvalue weighted by Crippen LogP contribution is 2.26. The van der Waals surface area contributed by atoms with Crippen molar-refractivity contribution in [2.75, 3.05) is 6.54 Å². The van der Waals surface area contributed by atoms with Crippen LogP contribution in [0.5, 0.6) is 0 Å². The number of rotatable bonds is 1. The summed E-state index contributed by atoms with van der Waals surface area (Å²) in [5.74, 6) is 0. The summed E-state index contributed by atoms with van der Waals surface area (Å²) in [6.45, 7) is 3.17. The minimum atomic E-state index is 0.526. The molecule has 2 rings (SSSR count). The van der Waals surface area contributed by atoms with Crippen molar-refractivity contribution in [3.05, 3.63) is 34.3 Å². The topological polar surface area (TPSA) is 12.0 Å². The number of benzene rings is 1. The molecule has 0 aromatic heterocycles. The third kappa shape index (κ3) is 1.87. The van der Waals surface area contributed by atoms with E-state index in [1.807, 2.05) is 6.92 Å². The van der Waals surface area contributed by atoms with E-state index in [0.29, 0.717) is 6.04 Å². The van der Waals surface area contributed by atoms with Crippen molar-refractivity contribution in [2.45, 2.75) is 25.8 Å². The van der Waals surface area contributed by atoms with Gasteiger partial charge in [0, 0.05) is 11.1 Å². The summed E-state index contributed by atoms with van der Waals surface area (Å²) >= 11 is 6.06. The SMILES string of the molecule is Cc1ccc(C2CCCN2)cc1Cl. The minimum Gasteiger partial charge on any atom is -0.310 e. The van der Waals surface area contributed by atoms with E-state index >= 15 is 0 Å². The largest absolute Gasteiger partial charge is 0.310 e. The Morgan fingerprint density at radius 2 is 2.31 bits per heavy atom. The molecule has 70 valence electrons. The van der Waals surface area contributed by atoms with E-state index in [2.05, 4.69) is 23.5 Å². The van der Waals surface area contributed by atoms with Gasteiger partial charge >= 0.3 is 0 Å². The molecule has 1 nitrogen and oxygen atoms in total. The van der Waals surface area contributed by atoms with E-state index in [9.17, 15) is 0 Å². The van der Waals surface area contributed by atoms with Crippen LogP contribution >= 0.6 is 11.6 Å². The molecule has 1 aromatic rings. The molecule has 0 spiro atoms. The van der Waals surface area contributed by atoms with Crippen LogP contribution < -0.4 is 5.32 Å². The minimum absolute atomic E-state index is 0.526. The zero-order valence-electron chi connectivity index (χ0n) is 7.81. The zero-order chi connectivity index (χ0) is 9.26. The van der Waals surface area contributed by atoms with Gasteiger partial charge in [0.1, 0.15) is 0 Å². The monoisotopic (exact) mass is 195 g/mol. The standard InChI is InChI=1S/C11H14ClN/c1-8-4-5-9(7-10(8)12)11-3-2-6-13-11/h4-5,7,11,13H,2-3,6H2,1H3. The first-order valence-electron chi connectivity index (χ1n) is 4.77. The van der Waals surface area contributed by atoms with Gasteiger partial charge in [-0.05, 0) is 43.5 Å². The summed E-state index contributed by atoms with van der Waals surface area (Å²) < 4.78 is 0. The van der Waals surface area contributed by atoms with Crippen LogP contribution in [-0.2, 0) is 0 Å². The first kappa shape index (κ1) is 9.04. The molecule has 1 saturated heterocycles. The normalized spacial score (nSPS) is 22.2. The van der Waals surface area contributed by atoms with Crippen molar-refractivity contribution in [2.24, 2.45) is 0 Å². The number of hydrogen-bond acceptors (Lipinski definition) is 1. The lowest BCUT2D eigenvalue weighted by atomic mass is 10.0. The maximum absolute atomic E-state index is 6.06. The molecule has 1 atom stereocenters. The van der Waals surface area contributed by atoms with E-state index in [4.69, 9.17) is 11.6 Å². The fraction of sp³-hybridized carbons (Fsp3) is 0.455.